The molecule has 2 heterocycles. The molecule has 2 aliphatic rings. The minimum Gasteiger partial charge on any atom is -0.458 e. The molecule has 1 aromatic rings. The van der Waals surface area contributed by atoms with Crippen LogP contribution in [0.2, 0.25) is 0 Å². The topological polar surface area (TPSA) is 64.6 Å². The first-order chi connectivity index (χ1) is 10.9. The zero-order chi connectivity index (χ0) is 16.5. The minimum absolute atomic E-state index is 0.114. The van der Waals surface area contributed by atoms with Gasteiger partial charge in [0, 0.05) is 19.4 Å². The number of rotatable bonds is 3. The van der Waals surface area contributed by atoms with Crippen molar-refractivity contribution in [1.29, 1.82) is 0 Å². The molecule has 0 radical (unpaired) electrons. The van der Waals surface area contributed by atoms with Crippen LogP contribution in [0.4, 0.5) is 0 Å². The SMILES string of the molecule is CC1(C)C[C@]2(CCO1)OC(=O)C[C@@H]2C(=O)NCc1ccccc1. The molecule has 1 aromatic carbocycles. The third-order valence-corrected chi connectivity index (χ3v) is 4.69. The number of ether oxygens (including phenoxy) is 2. The molecule has 2 saturated heterocycles. The van der Waals surface area contributed by atoms with Crippen molar-refractivity contribution in [3.63, 3.8) is 0 Å². The molecule has 0 aromatic heterocycles. The van der Waals surface area contributed by atoms with Crippen LogP contribution in [0.25, 0.3) is 0 Å². The van der Waals surface area contributed by atoms with E-state index in [4.69, 9.17) is 9.47 Å². The zero-order valence-corrected chi connectivity index (χ0v) is 13.6. The summed E-state index contributed by atoms with van der Waals surface area (Å²) < 4.78 is 11.4. The third kappa shape index (κ3) is 3.39. The fourth-order valence-corrected chi connectivity index (χ4v) is 3.68. The Morgan fingerprint density at radius 3 is 2.74 bits per heavy atom. The molecule has 2 aliphatic heterocycles. The van der Waals surface area contributed by atoms with Crippen molar-refractivity contribution in [3.05, 3.63) is 35.9 Å². The predicted molar refractivity (Wildman–Crippen MR) is 84.5 cm³/mol. The highest BCUT2D eigenvalue weighted by atomic mass is 16.6. The van der Waals surface area contributed by atoms with E-state index in [2.05, 4.69) is 5.32 Å². The van der Waals surface area contributed by atoms with E-state index in [-0.39, 0.29) is 23.9 Å². The van der Waals surface area contributed by atoms with Crippen molar-refractivity contribution in [2.75, 3.05) is 6.61 Å². The third-order valence-electron chi connectivity index (χ3n) is 4.69. The predicted octanol–water partition coefficient (Wildman–Crippen LogP) is 2.19. The van der Waals surface area contributed by atoms with Gasteiger partial charge in [-0.3, -0.25) is 9.59 Å². The maximum absolute atomic E-state index is 12.7. The number of esters is 1. The fraction of sp³-hybridized carbons (Fsp3) is 0.556. The average molecular weight is 317 g/mol. The lowest BCUT2D eigenvalue weighted by molar-refractivity contribution is -0.179. The Bertz CT molecular complexity index is 598. The number of carbonyl (C=O) groups excluding carboxylic acids is 2. The summed E-state index contributed by atoms with van der Waals surface area (Å²) in [5.41, 5.74) is -0.0760. The van der Waals surface area contributed by atoms with Gasteiger partial charge >= 0.3 is 5.97 Å². The van der Waals surface area contributed by atoms with Crippen LogP contribution in [0.3, 0.4) is 0 Å². The summed E-state index contributed by atoms with van der Waals surface area (Å²) in [7, 11) is 0. The van der Waals surface area contributed by atoms with E-state index in [0.29, 0.717) is 26.0 Å². The highest BCUT2D eigenvalue weighted by molar-refractivity contribution is 5.87. The van der Waals surface area contributed by atoms with Gasteiger partial charge in [-0.2, -0.15) is 0 Å². The molecule has 5 heteroatoms. The first kappa shape index (κ1) is 16.0. The largest absolute Gasteiger partial charge is 0.458 e. The molecule has 1 N–H and O–H groups in total. The summed E-state index contributed by atoms with van der Waals surface area (Å²) in [6, 6.07) is 9.74. The molecule has 5 nitrogen and oxygen atoms in total. The molecule has 3 rings (SSSR count). The van der Waals surface area contributed by atoms with Gasteiger partial charge in [-0.05, 0) is 19.4 Å². The fourth-order valence-electron chi connectivity index (χ4n) is 3.68. The Balaban J connectivity index is 1.71. The monoisotopic (exact) mass is 317 g/mol. The Morgan fingerprint density at radius 2 is 2.04 bits per heavy atom. The van der Waals surface area contributed by atoms with Crippen LogP contribution in [0, 0.1) is 5.92 Å². The zero-order valence-electron chi connectivity index (χ0n) is 13.6. The van der Waals surface area contributed by atoms with Crippen molar-refractivity contribution < 1.29 is 19.1 Å². The van der Waals surface area contributed by atoms with Crippen molar-refractivity contribution in [2.24, 2.45) is 5.92 Å². The second-order valence-electron chi connectivity index (χ2n) is 7.03. The second-order valence-corrected chi connectivity index (χ2v) is 7.03. The van der Waals surface area contributed by atoms with Gasteiger partial charge in [-0.1, -0.05) is 30.3 Å². The molecule has 124 valence electrons. The Labute approximate surface area is 136 Å². The number of amides is 1. The summed E-state index contributed by atoms with van der Waals surface area (Å²) in [5, 5.41) is 2.95. The van der Waals surface area contributed by atoms with Gasteiger partial charge in [-0.15, -0.1) is 0 Å². The molecule has 2 atom stereocenters. The van der Waals surface area contributed by atoms with E-state index in [0.717, 1.165) is 5.56 Å². The smallest absolute Gasteiger partial charge is 0.307 e. The maximum Gasteiger partial charge on any atom is 0.307 e. The second kappa shape index (κ2) is 5.96. The van der Waals surface area contributed by atoms with Crippen LogP contribution in [0.5, 0.6) is 0 Å². The molecular weight excluding hydrogens is 294 g/mol. The summed E-state index contributed by atoms with van der Waals surface area (Å²) in [4.78, 5) is 24.5. The minimum atomic E-state index is -0.723. The van der Waals surface area contributed by atoms with E-state index >= 15 is 0 Å². The first-order valence-electron chi connectivity index (χ1n) is 8.08. The Kier molecular flexibility index (Phi) is 4.15. The molecule has 23 heavy (non-hydrogen) atoms. The van der Waals surface area contributed by atoms with Crippen molar-refractivity contribution in [1.82, 2.24) is 5.32 Å². The summed E-state index contributed by atoms with van der Waals surface area (Å²) in [6.45, 7) is 4.90. The van der Waals surface area contributed by atoms with Crippen molar-refractivity contribution in [3.8, 4) is 0 Å². The standard InChI is InChI=1S/C18H23NO4/c1-17(2)12-18(8-9-22-17)14(10-15(20)23-18)16(21)19-11-13-6-4-3-5-7-13/h3-7,14H,8-12H2,1-2H3,(H,19,21)/t14-,18+/m1/s1. The van der Waals surface area contributed by atoms with Gasteiger partial charge in [0.1, 0.15) is 5.60 Å². The molecule has 2 fully saturated rings. The number of hydrogen-bond acceptors (Lipinski definition) is 4. The summed E-state index contributed by atoms with van der Waals surface area (Å²) >= 11 is 0. The van der Waals surface area contributed by atoms with E-state index in [1.165, 1.54) is 0 Å². The number of benzene rings is 1. The van der Waals surface area contributed by atoms with E-state index in [1.54, 1.807) is 0 Å². The first-order valence-corrected chi connectivity index (χ1v) is 8.08. The molecule has 1 spiro atoms. The van der Waals surface area contributed by atoms with Gasteiger partial charge in [0.2, 0.25) is 5.91 Å². The summed E-state index contributed by atoms with van der Waals surface area (Å²) in [5.74, 6) is -0.846. The van der Waals surface area contributed by atoms with Crippen LogP contribution >= 0.6 is 0 Å². The van der Waals surface area contributed by atoms with Crippen molar-refractivity contribution >= 4 is 11.9 Å². The molecule has 0 aliphatic carbocycles. The maximum atomic E-state index is 12.7. The molecular formula is C18H23NO4. The molecule has 0 unspecified atom stereocenters. The number of carbonyl (C=O) groups is 2. The van der Waals surface area contributed by atoms with E-state index in [1.807, 2.05) is 44.2 Å². The van der Waals surface area contributed by atoms with E-state index < -0.39 is 11.5 Å². The lowest BCUT2D eigenvalue weighted by Gasteiger charge is -2.43. The van der Waals surface area contributed by atoms with Crippen LogP contribution in [-0.2, 0) is 25.6 Å². The highest BCUT2D eigenvalue weighted by Crippen LogP contribution is 2.45. The average Bonchev–Trinajstić information content (AvgIpc) is 2.80. The van der Waals surface area contributed by atoms with Crippen LogP contribution in [-0.4, -0.2) is 29.7 Å². The van der Waals surface area contributed by atoms with Crippen LogP contribution in [0.15, 0.2) is 30.3 Å². The quantitative estimate of drug-likeness (QED) is 0.868. The van der Waals surface area contributed by atoms with Crippen molar-refractivity contribution in [2.45, 2.75) is 50.9 Å². The molecule has 0 saturated carbocycles. The van der Waals surface area contributed by atoms with Gasteiger partial charge < -0.3 is 14.8 Å². The Morgan fingerprint density at radius 1 is 1.30 bits per heavy atom. The van der Waals surface area contributed by atoms with Gasteiger partial charge in [0.05, 0.1) is 24.5 Å². The van der Waals surface area contributed by atoms with Gasteiger partial charge in [-0.25, -0.2) is 0 Å². The van der Waals surface area contributed by atoms with Crippen LogP contribution in [0.1, 0.15) is 38.7 Å². The van der Waals surface area contributed by atoms with Gasteiger partial charge in [0.15, 0.2) is 0 Å². The van der Waals surface area contributed by atoms with Gasteiger partial charge in [0.25, 0.3) is 0 Å². The lowest BCUT2D eigenvalue weighted by Crippen LogP contribution is -2.52. The number of hydrogen-bond donors (Lipinski definition) is 1. The molecule has 0 bridgehead atoms. The molecule has 1 amide bonds. The van der Waals surface area contributed by atoms with Crippen LogP contribution < -0.4 is 5.32 Å². The highest BCUT2D eigenvalue weighted by Gasteiger charge is 2.56. The number of nitrogens with one attached hydrogen (secondary N) is 1. The summed E-state index contributed by atoms with van der Waals surface area (Å²) in [6.07, 6.45) is 1.28. The lowest BCUT2D eigenvalue weighted by atomic mass is 9.75. The van der Waals surface area contributed by atoms with E-state index in [9.17, 15) is 9.59 Å². The Hall–Kier alpha value is -1.88. The normalized spacial score (nSPS) is 29.3.